The minimum absolute atomic E-state index is 0.216. The van der Waals surface area contributed by atoms with Gasteiger partial charge in [-0.05, 0) is 42.7 Å². The van der Waals surface area contributed by atoms with E-state index in [-0.39, 0.29) is 6.54 Å². The van der Waals surface area contributed by atoms with E-state index in [1.165, 1.54) is 0 Å². The lowest BCUT2D eigenvalue weighted by molar-refractivity contribution is -0.136. The highest BCUT2D eigenvalue weighted by atomic mass is 16.3. The van der Waals surface area contributed by atoms with Crippen LogP contribution in [-0.4, -0.2) is 28.0 Å². The van der Waals surface area contributed by atoms with Crippen LogP contribution in [0.5, 0.6) is 0 Å². The quantitative estimate of drug-likeness (QED) is 0.706. The summed E-state index contributed by atoms with van der Waals surface area (Å²) < 4.78 is 1.82. The standard InChI is InChI=1S/C18H23N3O3/c1-3-13-6-8-14(9-7-13)20-18(24)17(23)19-11-10-16(22)15-5-4-12-21(15)2/h4-9,12,16,22H,3,10-11H2,1-2H3,(H,19,23)(H,20,24). The lowest BCUT2D eigenvalue weighted by atomic mass is 10.1. The van der Waals surface area contributed by atoms with Crippen LogP contribution in [0.4, 0.5) is 5.69 Å². The van der Waals surface area contributed by atoms with E-state index in [4.69, 9.17) is 0 Å². The molecule has 0 radical (unpaired) electrons. The number of benzene rings is 1. The van der Waals surface area contributed by atoms with Crippen LogP contribution in [0.25, 0.3) is 0 Å². The van der Waals surface area contributed by atoms with Crippen molar-refractivity contribution in [3.63, 3.8) is 0 Å². The van der Waals surface area contributed by atoms with E-state index in [1.807, 2.05) is 49.0 Å². The summed E-state index contributed by atoms with van der Waals surface area (Å²) in [5, 5.41) is 15.1. The molecule has 3 N–H and O–H groups in total. The molecule has 6 heteroatoms. The van der Waals surface area contributed by atoms with Crippen molar-refractivity contribution < 1.29 is 14.7 Å². The van der Waals surface area contributed by atoms with Crippen LogP contribution in [0.3, 0.4) is 0 Å². The Morgan fingerprint density at radius 3 is 2.46 bits per heavy atom. The number of nitrogens with one attached hydrogen (secondary N) is 2. The molecule has 6 nitrogen and oxygen atoms in total. The Morgan fingerprint density at radius 1 is 1.17 bits per heavy atom. The number of aliphatic hydroxyl groups excluding tert-OH is 1. The summed E-state index contributed by atoms with van der Waals surface area (Å²) in [7, 11) is 1.84. The zero-order valence-corrected chi connectivity index (χ0v) is 14.0. The molecule has 1 aromatic heterocycles. The van der Waals surface area contributed by atoms with Crippen LogP contribution >= 0.6 is 0 Å². The van der Waals surface area contributed by atoms with Crippen molar-refractivity contribution in [3.05, 3.63) is 53.9 Å². The number of hydrogen-bond acceptors (Lipinski definition) is 3. The van der Waals surface area contributed by atoms with E-state index in [2.05, 4.69) is 10.6 Å². The third kappa shape index (κ3) is 4.70. The number of rotatable bonds is 6. The molecule has 2 amide bonds. The summed E-state index contributed by atoms with van der Waals surface area (Å²) in [5.74, 6) is -1.43. The Labute approximate surface area is 141 Å². The van der Waals surface area contributed by atoms with Gasteiger partial charge in [-0.1, -0.05) is 19.1 Å². The van der Waals surface area contributed by atoms with Crippen molar-refractivity contribution in [1.82, 2.24) is 9.88 Å². The van der Waals surface area contributed by atoms with E-state index in [0.717, 1.165) is 17.7 Å². The third-order valence-electron chi connectivity index (χ3n) is 3.85. The number of amides is 2. The van der Waals surface area contributed by atoms with Gasteiger partial charge in [0.15, 0.2) is 0 Å². The molecule has 0 aliphatic rings. The number of carbonyl (C=O) groups excluding carboxylic acids is 2. The number of aryl methyl sites for hydroxylation is 2. The molecule has 0 bridgehead atoms. The van der Waals surface area contributed by atoms with E-state index in [1.54, 1.807) is 12.1 Å². The first-order valence-electron chi connectivity index (χ1n) is 7.98. The minimum Gasteiger partial charge on any atom is -0.387 e. The van der Waals surface area contributed by atoms with Gasteiger partial charge >= 0.3 is 11.8 Å². The molecule has 0 fully saturated rings. The molecule has 0 aliphatic carbocycles. The Hall–Kier alpha value is -2.60. The summed E-state index contributed by atoms with van der Waals surface area (Å²) in [6.45, 7) is 2.26. The molecule has 1 atom stereocenters. The zero-order chi connectivity index (χ0) is 17.5. The molecule has 128 valence electrons. The van der Waals surface area contributed by atoms with Gasteiger partial charge in [0.1, 0.15) is 0 Å². The van der Waals surface area contributed by atoms with Gasteiger partial charge in [-0.15, -0.1) is 0 Å². The number of aromatic nitrogens is 1. The van der Waals surface area contributed by atoms with Gasteiger partial charge in [0.2, 0.25) is 0 Å². The highest BCUT2D eigenvalue weighted by molar-refractivity contribution is 6.39. The highest BCUT2D eigenvalue weighted by Gasteiger charge is 2.15. The van der Waals surface area contributed by atoms with E-state index in [9.17, 15) is 14.7 Å². The van der Waals surface area contributed by atoms with Crippen LogP contribution in [-0.2, 0) is 23.1 Å². The lowest BCUT2D eigenvalue weighted by Gasteiger charge is -2.12. The second kappa shape index (κ2) is 8.31. The smallest absolute Gasteiger partial charge is 0.313 e. The summed E-state index contributed by atoms with van der Waals surface area (Å²) in [5.41, 5.74) is 2.51. The predicted molar refractivity (Wildman–Crippen MR) is 92.4 cm³/mol. The summed E-state index contributed by atoms with van der Waals surface area (Å²) in [6, 6.07) is 11.0. The summed E-state index contributed by atoms with van der Waals surface area (Å²) in [6.07, 6.45) is 2.41. The van der Waals surface area contributed by atoms with Crippen LogP contribution < -0.4 is 10.6 Å². The van der Waals surface area contributed by atoms with Crippen molar-refractivity contribution in [1.29, 1.82) is 0 Å². The molecular weight excluding hydrogens is 306 g/mol. The molecule has 0 aliphatic heterocycles. The van der Waals surface area contributed by atoms with Gasteiger partial charge in [-0.3, -0.25) is 9.59 Å². The fraction of sp³-hybridized carbons (Fsp3) is 0.333. The van der Waals surface area contributed by atoms with E-state index in [0.29, 0.717) is 12.1 Å². The first-order valence-corrected chi connectivity index (χ1v) is 7.98. The first-order chi connectivity index (χ1) is 11.5. The first kappa shape index (κ1) is 17.7. The molecule has 2 rings (SSSR count). The SMILES string of the molecule is CCc1ccc(NC(=O)C(=O)NCCC(O)c2cccn2C)cc1. The lowest BCUT2D eigenvalue weighted by Crippen LogP contribution is -2.36. The van der Waals surface area contributed by atoms with E-state index >= 15 is 0 Å². The Bertz CT molecular complexity index is 692. The van der Waals surface area contributed by atoms with Crippen molar-refractivity contribution in [2.45, 2.75) is 25.9 Å². The number of carbonyl (C=O) groups is 2. The molecule has 1 heterocycles. The largest absolute Gasteiger partial charge is 0.387 e. The van der Waals surface area contributed by atoms with E-state index < -0.39 is 17.9 Å². The molecule has 1 unspecified atom stereocenters. The monoisotopic (exact) mass is 329 g/mol. The molecule has 24 heavy (non-hydrogen) atoms. The Morgan fingerprint density at radius 2 is 1.88 bits per heavy atom. The van der Waals surface area contributed by atoms with Crippen molar-refractivity contribution in [2.24, 2.45) is 7.05 Å². The molecule has 0 saturated heterocycles. The average Bonchev–Trinajstić information content (AvgIpc) is 3.01. The third-order valence-corrected chi connectivity index (χ3v) is 3.85. The molecular formula is C18H23N3O3. The maximum Gasteiger partial charge on any atom is 0.313 e. The van der Waals surface area contributed by atoms with Crippen LogP contribution in [0.15, 0.2) is 42.6 Å². The fourth-order valence-corrected chi connectivity index (χ4v) is 2.38. The van der Waals surface area contributed by atoms with Crippen LogP contribution in [0.2, 0.25) is 0 Å². The van der Waals surface area contributed by atoms with Crippen molar-refractivity contribution >= 4 is 17.5 Å². The van der Waals surface area contributed by atoms with Gasteiger partial charge in [0, 0.05) is 31.2 Å². The predicted octanol–water partition coefficient (Wildman–Crippen LogP) is 1.77. The summed E-state index contributed by atoms with van der Waals surface area (Å²) >= 11 is 0. The van der Waals surface area contributed by atoms with Crippen molar-refractivity contribution in [3.8, 4) is 0 Å². The van der Waals surface area contributed by atoms with Crippen LogP contribution in [0, 0.1) is 0 Å². The summed E-state index contributed by atoms with van der Waals surface area (Å²) in [4.78, 5) is 23.6. The number of nitrogens with zero attached hydrogens (tertiary/aromatic N) is 1. The van der Waals surface area contributed by atoms with Gasteiger partial charge in [0.05, 0.1) is 6.10 Å². The Balaban J connectivity index is 1.77. The normalized spacial score (nSPS) is 11.8. The van der Waals surface area contributed by atoms with Gasteiger partial charge in [-0.2, -0.15) is 0 Å². The molecule has 0 spiro atoms. The topological polar surface area (TPSA) is 83.4 Å². The van der Waals surface area contributed by atoms with Crippen LogP contribution in [0.1, 0.15) is 30.7 Å². The highest BCUT2D eigenvalue weighted by Crippen LogP contribution is 2.15. The molecule has 2 aromatic rings. The second-order valence-corrected chi connectivity index (χ2v) is 5.61. The average molecular weight is 329 g/mol. The minimum atomic E-state index is -0.715. The maximum atomic E-state index is 11.8. The fourth-order valence-electron chi connectivity index (χ4n) is 2.38. The number of aliphatic hydroxyl groups is 1. The molecule has 0 saturated carbocycles. The maximum absolute atomic E-state index is 11.8. The van der Waals surface area contributed by atoms with Crippen molar-refractivity contribution in [2.75, 3.05) is 11.9 Å². The zero-order valence-electron chi connectivity index (χ0n) is 14.0. The van der Waals surface area contributed by atoms with Gasteiger partial charge < -0.3 is 20.3 Å². The number of hydrogen-bond donors (Lipinski definition) is 3. The Kier molecular flexibility index (Phi) is 6.14. The van der Waals surface area contributed by atoms with Gasteiger partial charge in [0.25, 0.3) is 0 Å². The van der Waals surface area contributed by atoms with Gasteiger partial charge in [-0.25, -0.2) is 0 Å². The molecule has 1 aromatic carbocycles. The number of anilines is 1. The second-order valence-electron chi connectivity index (χ2n) is 5.61.